The fraction of sp³-hybridized carbons (Fsp3) is 0.500. The number of carbonyl (C=O) groups is 1. The lowest BCUT2D eigenvalue weighted by Gasteiger charge is -2.08. The van der Waals surface area contributed by atoms with Crippen molar-refractivity contribution in [2.75, 3.05) is 25.1 Å². The number of ether oxygens (including phenoxy) is 1. The molecule has 1 aliphatic carbocycles. The van der Waals surface area contributed by atoms with Crippen LogP contribution in [-0.4, -0.2) is 25.8 Å². The van der Waals surface area contributed by atoms with Gasteiger partial charge in [0.1, 0.15) is 5.82 Å². The van der Waals surface area contributed by atoms with Crippen LogP contribution in [0.5, 0.6) is 0 Å². The zero-order chi connectivity index (χ0) is 13.5. The Labute approximate surface area is 112 Å². The van der Waals surface area contributed by atoms with Gasteiger partial charge in [0.15, 0.2) is 0 Å². The number of rotatable bonds is 7. The summed E-state index contributed by atoms with van der Waals surface area (Å²) in [5, 5.41) is 5.27. The van der Waals surface area contributed by atoms with E-state index in [1.165, 1.54) is 25.0 Å². The van der Waals surface area contributed by atoms with Gasteiger partial charge in [-0.2, -0.15) is 0 Å². The summed E-state index contributed by atoms with van der Waals surface area (Å²) in [6.45, 7) is 2.05. The second-order valence-corrected chi connectivity index (χ2v) is 4.76. The van der Waals surface area contributed by atoms with Gasteiger partial charge in [-0.15, -0.1) is 0 Å². The Morgan fingerprint density at radius 2 is 2.26 bits per heavy atom. The first kappa shape index (κ1) is 13.8. The number of urea groups is 1. The van der Waals surface area contributed by atoms with Crippen LogP contribution in [0.1, 0.15) is 19.3 Å². The molecule has 2 amide bonds. The molecule has 0 saturated heterocycles. The van der Waals surface area contributed by atoms with Crippen molar-refractivity contribution in [1.29, 1.82) is 0 Å². The van der Waals surface area contributed by atoms with Gasteiger partial charge in [0.25, 0.3) is 0 Å². The predicted molar refractivity (Wildman–Crippen MR) is 71.6 cm³/mol. The van der Waals surface area contributed by atoms with Crippen LogP contribution >= 0.6 is 0 Å². The standard InChI is InChI=1S/C14H19FN2O2/c15-12-3-1-4-13(9-12)17-14(18)16-7-2-8-19-10-11-5-6-11/h1,3-4,9,11H,2,5-8,10H2,(H2,16,17,18). The smallest absolute Gasteiger partial charge is 0.319 e. The maximum absolute atomic E-state index is 12.9. The van der Waals surface area contributed by atoms with Gasteiger partial charge in [-0.3, -0.25) is 0 Å². The number of carbonyl (C=O) groups excluding carboxylic acids is 1. The monoisotopic (exact) mass is 266 g/mol. The van der Waals surface area contributed by atoms with Gasteiger partial charge in [0, 0.05) is 25.4 Å². The molecule has 1 saturated carbocycles. The fourth-order valence-corrected chi connectivity index (χ4v) is 1.65. The molecule has 1 aromatic rings. The molecule has 0 bridgehead atoms. The number of halogens is 1. The van der Waals surface area contributed by atoms with Crippen LogP contribution in [-0.2, 0) is 4.74 Å². The average Bonchev–Trinajstić information content (AvgIpc) is 3.17. The van der Waals surface area contributed by atoms with Crippen molar-refractivity contribution >= 4 is 11.7 Å². The van der Waals surface area contributed by atoms with E-state index in [1.54, 1.807) is 12.1 Å². The molecule has 104 valence electrons. The first-order valence-electron chi connectivity index (χ1n) is 6.62. The third kappa shape index (κ3) is 5.70. The molecule has 0 unspecified atom stereocenters. The molecule has 1 aromatic carbocycles. The maximum atomic E-state index is 12.9. The average molecular weight is 266 g/mol. The van der Waals surface area contributed by atoms with Crippen molar-refractivity contribution in [2.24, 2.45) is 5.92 Å². The van der Waals surface area contributed by atoms with Crippen molar-refractivity contribution in [2.45, 2.75) is 19.3 Å². The van der Waals surface area contributed by atoms with Gasteiger partial charge in [0.2, 0.25) is 0 Å². The zero-order valence-corrected chi connectivity index (χ0v) is 10.8. The van der Waals surface area contributed by atoms with Crippen molar-refractivity contribution in [3.63, 3.8) is 0 Å². The second kappa shape index (κ2) is 7.09. The van der Waals surface area contributed by atoms with Crippen molar-refractivity contribution in [3.05, 3.63) is 30.1 Å². The van der Waals surface area contributed by atoms with Crippen molar-refractivity contribution in [3.8, 4) is 0 Å². The topological polar surface area (TPSA) is 50.4 Å². The van der Waals surface area contributed by atoms with E-state index in [0.29, 0.717) is 18.8 Å². The van der Waals surface area contributed by atoms with Gasteiger partial charge in [-0.05, 0) is 43.4 Å². The highest BCUT2D eigenvalue weighted by Crippen LogP contribution is 2.28. The molecule has 0 spiro atoms. The van der Waals surface area contributed by atoms with Crippen LogP contribution in [0.25, 0.3) is 0 Å². The van der Waals surface area contributed by atoms with Crippen LogP contribution in [0.3, 0.4) is 0 Å². The van der Waals surface area contributed by atoms with Crippen LogP contribution in [0.4, 0.5) is 14.9 Å². The normalized spacial score (nSPS) is 14.2. The van der Waals surface area contributed by atoms with Crippen molar-refractivity contribution in [1.82, 2.24) is 5.32 Å². The molecule has 1 fully saturated rings. The van der Waals surface area contributed by atoms with Crippen LogP contribution in [0.15, 0.2) is 24.3 Å². The second-order valence-electron chi connectivity index (χ2n) is 4.76. The molecule has 1 aliphatic rings. The van der Waals surface area contributed by atoms with Gasteiger partial charge < -0.3 is 15.4 Å². The summed E-state index contributed by atoms with van der Waals surface area (Å²) in [4.78, 5) is 11.5. The molecule has 2 N–H and O–H groups in total. The summed E-state index contributed by atoms with van der Waals surface area (Å²) < 4.78 is 18.3. The quantitative estimate of drug-likeness (QED) is 0.746. The molecule has 19 heavy (non-hydrogen) atoms. The molecule has 2 rings (SSSR count). The van der Waals surface area contributed by atoms with E-state index >= 15 is 0 Å². The Morgan fingerprint density at radius 1 is 1.42 bits per heavy atom. The van der Waals surface area contributed by atoms with E-state index in [4.69, 9.17) is 4.74 Å². The highest BCUT2D eigenvalue weighted by Gasteiger charge is 2.20. The Morgan fingerprint density at radius 3 is 3.00 bits per heavy atom. The molecule has 0 atom stereocenters. The van der Waals surface area contributed by atoms with Gasteiger partial charge in [-0.25, -0.2) is 9.18 Å². The first-order chi connectivity index (χ1) is 9.24. The van der Waals surface area contributed by atoms with E-state index in [2.05, 4.69) is 10.6 Å². The first-order valence-corrected chi connectivity index (χ1v) is 6.62. The highest BCUT2D eigenvalue weighted by molar-refractivity contribution is 5.89. The number of benzene rings is 1. The zero-order valence-electron chi connectivity index (χ0n) is 10.8. The lowest BCUT2D eigenvalue weighted by Crippen LogP contribution is -2.30. The molecule has 0 radical (unpaired) electrons. The lowest BCUT2D eigenvalue weighted by molar-refractivity contribution is 0.122. The molecule has 0 aromatic heterocycles. The van der Waals surface area contributed by atoms with Gasteiger partial charge in [0.05, 0.1) is 0 Å². The SMILES string of the molecule is O=C(NCCCOCC1CC1)Nc1cccc(F)c1. The molecular formula is C14H19FN2O2. The number of amides is 2. The Bertz CT molecular complexity index is 422. The third-order valence-corrected chi connectivity index (χ3v) is 2.88. The molecule has 5 heteroatoms. The lowest BCUT2D eigenvalue weighted by atomic mass is 10.3. The Balaban J connectivity index is 1.53. The summed E-state index contributed by atoms with van der Waals surface area (Å²) in [5.41, 5.74) is 0.447. The van der Waals surface area contributed by atoms with E-state index in [-0.39, 0.29) is 11.8 Å². The summed E-state index contributed by atoms with van der Waals surface area (Å²) in [5.74, 6) is 0.399. The minimum atomic E-state index is -0.369. The predicted octanol–water partition coefficient (Wildman–Crippen LogP) is 2.76. The van der Waals surface area contributed by atoms with Crippen LogP contribution in [0.2, 0.25) is 0 Å². The summed E-state index contributed by atoms with van der Waals surface area (Å²) >= 11 is 0. The fourth-order valence-electron chi connectivity index (χ4n) is 1.65. The van der Waals surface area contributed by atoms with Crippen LogP contribution in [0, 0.1) is 11.7 Å². The van der Waals surface area contributed by atoms with E-state index in [1.807, 2.05) is 0 Å². The van der Waals surface area contributed by atoms with E-state index in [9.17, 15) is 9.18 Å². The Hall–Kier alpha value is -1.62. The number of hydrogen-bond acceptors (Lipinski definition) is 2. The number of nitrogens with one attached hydrogen (secondary N) is 2. The minimum absolute atomic E-state index is 0.326. The molecule has 4 nitrogen and oxygen atoms in total. The van der Waals surface area contributed by atoms with Crippen LogP contribution < -0.4 is 10.6 Å². The number of anilines is 1. The Kier molecular flexibility index (Phi) is 5.15. The molecule has 0 aliphatic heterocycles. The summed E-state index contributed by atoms with van der Waals surface area (Å²) in [6.07, 6.45) is 3.35. The van der Waals surface area contributed by atoms with E-state index < -0.39 is 0 Å². The minimum Gasteiger partial charge on any atom is -0.381 e. The summed E-state index contributed by atoms with van der Waals surface area (Å²) in [7, 11) is 0. The summed E-state index contributed by atoms with van der Waals surface area (Å²) in [6, 6.07) is 5.48. The third-order valence-electron chi connectivity index (χ3n) is 2.88. The largest absolute Gasteiger partial charge is 0.381 e. The van der Waals surface area contributed by atoms with Crippen molar-refractivity contribution < 1.29 is 13.9 Å². The van der Waals surface area contributed by atoms with E-state index in [0.717, 1.165) is 18.9 Å². The molecule has 0 heterocycles. The molecular weight excluding hydrogens is 247 g/mol. The maximum Gasteiger partial charge on any atom is 0.319 e. The number of hydrogen-bond donors (Lipinski definition) is 2. The van der Waals surface area contributed by atoms with Gasteiger partial charge in [-0.1, -0.05) is 6.07 Å². The van der Waals surface area contributed by atoms with Gasteiger partial charge >= 0.3 is 6.03 Å². The highest BCUT2D eigenvalue weighted by atomic mass is 19.1.